The van der Waals surface area contributed by atoms with Crippen LogP contribution in [0, 0.1) is 11.3 Å². The minimum absolute atomic E-state index is 0.00949. The second-order valence-corrected chi connectivity index (χ2v) is 4.36. The standard InChI is InChI=1S/C11H10BrF3N2/c12-9-2-3-10(8(6-9)7-16)17-5-1-4-11(13,14)15/h2-3,6,17H,1,4-5H2. The molecule has 0 aliphatic rings. The number of nitrogens with zero attached hydrogens (tertiary/aromatic N) is 1. The summed E-state index contributed by atoms with van der Waals surface area (Å²) in [6.45, 7) is 0.190. The molecule has 17 heavy (non-hydrogen) atoms. The van der Waals surface area contributed by atoms with E-state index in [1.807, 2.05) is 6.07 Å². The summed E-state index contributed by atoms with van der Waals surface area (Å²) in [6.07, 6.45) is -4.96. The minimum atomic E-state index is -4.13. The quantitative estimate of drug-likeness (QED) is 0.851. The fraction of sp³-hybridized carbons (Fsp3) is 0.364. The van der Waals surface area contributed by atoms with Gasteiger partial charge in [-0.15, -0.1) is 0 Å². The first-order valence-electron chi connectivity index (χ1n) is 4.92. The summed E-state index contributed by atoms with van der Waals surface area (Å²) in [6, 6.07) is 6.99. The Balaban J connectivity index is 2.50. The molecule has 0 unspecified atom stereocenters. The average Bonchev–Trinajstić information content (AvgIpc) is 2.24. The fourth-order valence-electron chi connectivity index (χ4n) is 1.28. The Kier molecular flexibility index (Phi) is 4.82. The molecule has 0 aromatic heterocycles. The third-order valence-corrected chi connectivity index (χ3v) is 2.55. The Morgan fingerprint density at radius 3 is 2.65 bits per heavy atom. The smallest absolute Gasteiger partial charge is 0.384 e. The van der Waals surface area contributed by atoms with Gasteiger partial charge >= 0.3 is 6.18 Å². The maximum absolute atomic E-state index is 11.9. The molecule has 0 spiro atoms. The van der Waals surface area contributed by atoms with Crippen LogP contribution >= 0.6 is 15.9 Å². The van der Waals surface area contributed by atoms with Crippen LogP contribution in [0.3, 0.4) is 0 Å². The zero-order valence-corrected chi connectivity index (χ0v) is 10.4. The highest BCUT2D eigenvalue weighted by Gasteiger charge is 2.25. The zero-order valence-electron chi connectivity index (χ0n) is 8.81. The zero-order chi connectivity index (χ0) is 12.9. The first kappa shape index (κ1) is 13.8. The van der Waals surface area contributed by atoms with Crippen molar-refractivity contribution in [2.75, 3.05) is 11.9 Å². The molecule has 1 N–H and O–H groups in total. The van der Waals surface area contributed by atoms with E-state index in [-0.39, 0.29) is 13.0 Å². The number of nitriles is 1. The van der Waals surface area contributed by atoms with Gasteiger partial charge in [-0.05, 0) is 24.6 Å². The summed E-state index contributed by atoms with van der Waals surface area (Å²) >= 11 is 3.22. The van der Waals surface area contributed by atoms with Gasteiger partial charge in [-0.3, -0.25) is 0 Å². The van der Waals surface area contributed by atoms with Gasteiger partial charge in [0.2, 0.25) is 0 Å². The molecule has 2 nitrogen and oxygen atoms in total. The molecular weight excluding hydrogens is 297 g/mol. The fourth-order valence-corrected chi connectivity index (χ4v) is 1.64. The Labute approximate surface area is 106 Å². The van der Waals surface area contributed by atoms with E-state index in [9.17, 15) is 13.2 Å². The SMILES string of the molecule is N#Cc1cc(Br)ccc1NCCCC(F)(F)F. The molecule has 0 saturated heterocycles. The van der Waals surface area contributed by atoms with Gasteiger partial charge in [0.15, 0.2) is 0 Å². The third kappa shape index (κ3) is 5.09. The number of nitrogens with one attached hydrogen (secondary N) is 1. The molecule has 6 heteroatoms. The average molecular weight is 307 g/mol. The molecule has 92 valence electrons. The van der Waals surface area contributed by atoms with Crippen molar-refractivity contribution < 1.29 is 13.2 Å². The lowest BCUT2D eigenvalue weighted by atomic mass is 10.2. The van der Waals surface area contributed by atoms with Crippen LogP contribution in [0.25, 0.3) is 0 Å². The van der Waals surface area contributed by atoms with Gasteiger partial charge < -0.3 is 5.32 Å². The van der Waals surface area contributed by atoms with Crippen molar-refractivity contribution >= 4 is 21.6 Å². The maximum Gasteiger partial charge on any atom is 0.389 e. The molecule has 0 saturated carbocycles. The van der Waals surface area contributed by atoms with Gasteiger partial charge in [0.05, 0.1) is 11.3 Å². The molecule has 1 aromatic rings. The van der Waals surface area contributed by atoms with Gasteiger partial charge in [-0.2, -0.15) is 18.4 Å². The molecule has 0 heterocycles. The minimum Gasteiger partial charge on any atom is -0.384 e. The van der Waals surface area contributed by atoms with Crippen LogP contribution in [-0.2, 0) is 0 Å². The summed E-state index contributed by atoms with van der Waals surface area (Å²) in [5, 5.41) is 11.7. The number of benzene rings is 1. The first-order valence-corrected chi connectivity index (χ1v) is 5.72. The van der Waals surface area contributed by atoms with Crippen molar-refractivity contribution in [1.29, 1.82) is 5.26 Å². The van der Waals surface area contributed by atoms with E-state index in [2.05, 4.69) is 21.2 Å². The Morgan fingerprint density at radius 2 is 2.06 bits per heavy atom. The molecule has 0 amide bonds. The van der Waals surface area contributed by atoms with Gasteiger partial charge in [0.25, 0.3) is 0 Å². The van der Waals surface area contributed by atoms with Crippen LogP contribution in [0.4, 0.5) is 18.9 Å². The van der Waals surface area contributed by atoms with Crippen molar-refractivity contribution in [2.45, 2.75) is 19.0 Å². The molecule has 0 fully saturated rings. The van der Waals surface area contributed by atoms with Crippen molar-refractivity contribution in [2.24, 2.45) is 0 Å². The Bertz CT molecular complexity index is 424. The highest BCUT2D eigenvalue weighted by atomic mass is 79.9. The van der Waals surface area contributed by atoms with Crippen LogP contribution in [0.5, 0.6) is 0 Å². The summed E-state index contributed by atoms with van der Waals surface area (Å²) in [5.41, 5.74) is 0.962. The van der Waals surface area contributed by atoms with Gasteiger partial charge in [-0.25, -0.2) is 0 Å². The maximum atomic E-state index is 11.9. The molecule has 1 aromatic carbocycles. The molecule has 0 aliphatic heterocycles. The lowest BCUT2D eigenvalue weighted by Crippen LogP contribution is -2.11. The van der Waals surface area contributed by atoms with Crippen LogP contribution in [0.2, 0.25) is 0 Å². The normalized spacial score (nSPS) is 11.0. The van der Waals surface area contributed by atoms with Crippen LogP contribution in [0.1, 0.15) is 18.4 Å². The number of alkyl halides is 3. The largest absolute Gasteiger partial charge is 0.389 e. The van der Waals surface area contributed by atoms with Crippen molar-refractivity contribution in [3.8, 4) is 6.07 Å². The predicted octanol–water partition coefficient (Wildman–Crippen LogP) is 4.08. The predicted molar refractivity (Wildman–Crippen MR) is 62.6 cm³/mol. The topological polar surface area (TPSA) is 35.8 Å². The lowest BCUT2D eigenvalue weighted by Gasteiger charge is -2.09. The number of anilines is 1. The van der Waals surface area contributed by atoms with E-state index >= 15 is 0 Å². The van der Waals surface area contributed by atoms with Gasteiger partial charge in [0.1, 0.15) is 6.07 Å². The van der Waals surface area contributed by atoms with E-state index in [0.717, 1.165) is 4.47 Å². The van der Waals surface area contributed by atoms with Crippen LogP contribution in [-0.4, -0.2) is 12.7 Å². The summed E-state index contributed by atoms with van der Waals surface area (Å²) in [4.78, 5) is 0. The monoisotopic (exact) mass is 306 g/mol. The summed E-state index contributed by atoms with van der Waals surface area (Å²) < 4.78 is 36.4. The number of rotatable bonds is 4. The van der Waals surface area contributed by atoms with Gasteiger partial charge in [0, 0.05) is 17.4 Å². The van der Waals surface area contributed by atoms with E-state index in [0.29, 0.717) is 11.3 Å². The second kappa shape index (κ2) is 5.92. The first-order chi connectivity index (χ1) is 7.92. The molecule has 0 atom stereocenters. The third-order valence-electron chi connectivity index (χ3n) is 2.05. The lowest BCUT2D eigenvalue weighted by molar-refractivity contribution is -0.134. The van der Waals surface area contributed by atoms with Crippen molar-refractivity contribution in [3.05, 3.63) is 28.2 Å². The van der Waals surface area contributed by atoms with E-state index in [4.69, 9.17) is 5.26 Å². The van der Waals surface area contributed by atoms with Crippen molar-refractivity contribution in [3.63, 3.8) is 0 Å². The Hall–Kier alpha value is -1.22. The summed E-state index contributed by atoms with van der Waals surface area (Å²) in [7, 11) is 0. The van der Waals surface area contributed by atoms with E-state index in [1.54, 1.807) is 18.2 Å². The Morgan fingerprint density at radius 1 is 1.35 bits per heavy atom. The molecular formula is C11H10BrF3N2. The van der Waals surface area contributed by atoms with Crippen molar-refractivity contribution in [1.82, 2.24) is 0 Å². The molecule has 1 rings (SSSR count). The van der Waals surface area contributed by atoms with Crippen LogP contribution in [0.15, 0.2) is 22.7 Å². The molecule has 0 radical (unpaired) electrons. The van der Waals surface area contributed by atoms with Gasteiger partial charge in [-0.1, -0.05) is 15.9 Å². The second-order valence-electron chi connectivity index (χ2n) is 3.45. The highest BCUT2D eigenvalue weighted by Crippen LogP contribution is 2.23. The highest BCUT2D eigenvalue weighted by molar-refractivity contribution is 9.10. The van der Waals surface area contributed by atoms with E-state index < -0.39 is 12.6 Å². The van der Waals surface area contributed by atoms with E-state index in [1.165, 1.54) is 0 Å². The number of halogens is 4. The van der Waals surface area contributed by atoms with Crippen LogP contribution < -0.4 is 5.32 Å². The number of hydrogen-bond donors (Lipinski definition) is 1. The summed E-state index contributed by atoms with van der Waals surface area (Å²) in [5.74, 6) is 0. The number of hydrogen-bond acceptors (Lipinski definition) is 2. The molecule has 0 aliphatic carbocycles. The molecule has 0 bridgehead atoms.